The summed E-state index contributed by atoms with van der Waals surface area (Å²) in [5, 5.41) is 2.43. The van der Waals surface area contributed by atoms with Crippen LogP contribution in [0.25, 0.3) is 0 Å². The van der Waals surface area contributed by atoms with Gasteiger partial charge in [-0.25, -0.2) is 9.59 Å². The molecule has 1 amide bonds. The lowest BCUT2D eigenvalue weighted by Crippen LogP contribution is -2.59. The molecule has 1 aliphatic heterocycles. The molecule has 1 N–H and O–H groups in total. The highest BCUT2D eigenvalue weighted by molar-refractivity contribution is 6.10. The number of nitrogens with zero attached hydrogens (tertiary/aromatic N) is 1. The summed E-state index contributed by atoms with van der Waals surface area (Å²) in [4.78, 5) is 38.6. The number of hydrogen-bond acceptors (Lipinski definition) is 6. The predicted molar refractivity (Wildman–Crippen MR) is 90.9 cm³/mol. The molecule has 2 rings (SSSR count). The highest BCUT2D eigenvalue weighted by Crippen LogP contribution is 2.31. The molecule has 7 nitrogen and oxygen atoms in total. The third kappa shape index (κ3) is 4.17. The van der Waals surface area contributed by atoms with Crippen LogP contribution in [0.15, 0.2) is 30.3 Å². The van der Waals surface area contributed by atoms with Crippen LogP contribution in [-0.2, 0) is 25.7 Å². The number of benzene rings is 1. The Morgan fingerprint density at radius 1 is 1.24 bits per heavy atom. The molecule has 1 fully saturated rings. The molecular formula is C18H24N2O5. The number of likely N-dealkylation sites (tertiary alicyclic amines) is 1. The molecule has 1 aromatic carbocycles. The number of carbonyl (C=O) groups is 3. The van der Waals surface area contributed by atoms with Gasteiger partial charge in [-0.3, -0.25) is 9.69 Å². The molecule has 0 bridgehead atoms. The zero-order valence-corrected chi connectivity index (χ0v) is 14.6. The second kappa shape index (κ2) is 8.62. The van der Waals surface area contributed by atoms with Crippen molar-refractivity contribution in [1.82, 2.24) is 10.2 Å². The van der Waals surface area contributed by atoms with E-state index >= 15 is 0 Å². The first-order chi connectivity index (χ1) is 12.0. The molecule has 136 valence electrons. The maximum Gasteiger partial charge on any atom is 0.407 e. The van der Waals surface area contributed by atoms with Crippen molar-refractivity contribution in [3.63, 3.8) is 0 Å². The zero-order valence-electron chi connectivity index (χ0n) is 14.6. The quantitative estimate of drug-likeness (QED) is 0.594. The number of methoxy groups -OCH3 is 1. The standard InChI is InChI=1S/C18H24N2O5/c1-3-20-11-7-10-18(20,16(22)24-2)15(21)12-19-17(23)25-13-14-8-5-4-6-9-14/h4-6,8-9H,3,7,10-13H2,1-2H3,(H,19,23)/t18-/m1/s1. The number of rotatable bonds is 7. The van der Waals surface area contributed by atoms with Crippen LogP contribution in [0.5, 0.6) is 0 Å². The van der Waals surface area contributed by atoms with Crippen molar-refractivity contribution in [2.24, 2.45) is 0 Å². The molecule has 1 aliphatic rings. The molecule has 7 heteroatoms. The summed E-state index contributed by atoms with van der Waals surface area (Å²) in [6.45, 7) is 2.93. The summed E-state index contributed by atoms with van der Waals surface area (Å²) >= 11 is 0. The number of carbonyl (C=O) groups excluding carboxylic acids is 3. The summed E-state index contributed by atoms with van der Waals surface area (Å²) in [6, 6.07) is 9.24. The maximum absolute atomic E-state index is 12.7. The first kappa shape index (κ1) is 18.9. The van der Waals surface area contributed by atoms with E-state index < -0.39 is 17.6 Å². The van der Waals surface area contributed by atoms with Gasteiger partial charge in [0.2, 0.25) is 0 Å². The molecule has 0 aliphatic carbocycles. The van der Waals surface area contributed by atoms with Crippen molar-refractivity contribution in [2.75, 3.05) is 26.7 Å². The Kier molecular flexibility index (Phi) is 6.52. The Hall–Kier alpha value is -2.41. The van der Waals surface area contributed by atoms with Crippen LogP contribution in [0, 0.1) is 0 Å². The van der Waals surface area contributed by atoms with Crippen LogP contribution in [0.4, 0.5) is 4.79 Å². The number of nitrogens with one attached hydrogen (secondary N) is 1. The fourth-order valence-electron chi connectivity index (χ4n) is 3.21. The van der Waals surface area contributed by atoms with Crippen molar-refractivity contribution < 1.29 is 23.9 Å². The summed E-state index contributed by atoms with van der Waals surface area (Å²) in [5.41, 5.74) is -0.459. The minimum atomic E-state index is -1.31. The van der Waals surface area contributed by atoms with E-state index in [2.05, 4.69) is 5.32 Å². The predicted octanol–water partition coefficient (Wildman–Crippen LogP) is 1.51. The van der Waals surface area contributed by atoms with E-state index in [1.54, 1.807) is 4.90 Å². The van der Waals surface area contributed by atoms with E-state index in [1.807, 2.05) is 37.3 Å². The number of amides is 1. The molecule has 0 radical (unpaired) electrons. The van der Waals surface area contributed by atoms with Gasteiger partial charge in [0.1, 0.15) is 6.61 Å². The van der Waals surface area contributed by atoms with Gasteiger partial charge in [-0.15, -0.1) is 0 Å². The van der Waals surface area contributed by atoms with Gasteiger partial charge in [0.25, 0.3) is 0 Å². The monoisotopic (exact) mass is 348 g/mol. The number of ketones is 1. The van der Waals surface area contributed by atoms with Gasteiger partial charge in [-0.2, -0.15) is 0 Å². The van der Waals surface area contributed by atoms with Gasteiger partial charge >= 0.3 is 12.1 Å². The van der Waals surface area contributed by atoms with E-state index in [1.165, 1.54) is 7.11 Å². The van der Waals surface area contributed by atoms with Gasteiger partial charge in [0, 0.05) is 0 Å². The summed E-state index contributed by atoms with van der Waals surface area (Å²) < 4.78 is 9.94. The Morgan fingerprint density at radius 2 is 1.96 bits per heavy atom. The summed E-state index contributed by atoms with van der Waals surface area (Å²) in [7, 11) is 1.27. The smallest absolute Gasteiger partial charge is 0.407 e. The third-order valence-corrected chi connectivity index (χ3v) is 4.48. The fourth-order valence-corrected chi connectivity index (χ4v) is 3.21. The van der Waals surface area contributed by atoms with Gasteiger partial charge in [0.15, 0.2) is 11.3 Å². The molecule has 0 unspecified atom stereocenters. The van der Waals surface area contributed by atoms with Crippen LogP contribution in [0.1, 0.15) is 25.3 Å². The first-order valence-corrected chi connectivity index (χ1v) is 8.36. The average molecular weight is 348 g/mol. The normalized spacial score (nSPS) is 20.1. The largest absolute Gasteiger partial charge is 0.467 e. The number of likely N-dealkylation sites (N-methyl/N-ethyl adjacent to an activating group) is 1. The van der Waals surface area contributed by atoms with Gasteiger partial charge < -0.3 is 14.8 Å². The van der Waals surface area contributed by atoms with Crippen molar-refractivity contribution in [1.29, 1.82) is 0 Å². The molecule has 1 aromatic rings. The summed E-state index contributed by atoms with van der Waals surface area (Å²) in [5.74, 6) is -0.952. The summed E-state index contributed by atoms with van der Waals surface area (Å²) in [6.07, 6.45) is 0.429. The highest BCUT2D eigenvalue weighted by atomic mass is 16.5. The average Bonchev–Trinajstić information content (AvgIpc) is 3.09. The minimum Gasteiger partial charge on any atom is -0.467 e. The number of ether oxygens (including phenoxy) is 2. The van der Waals surface area contributed by atoms with Crippen molar-refractivity contribution in [2.45, 2.75) is 31.9 Å². The SMILES string of the molecule is CCN1CCC[C@@]1(C(=O)CNC(=O)OCc1ccccc1)C(=O)OC. The molecular weight excluding hydrogens is 324 g/mol. The van der Waals surface area contributed by atoms with Crippen molar-refractivity contribution in [3.05, 3.63) is 35.9 Å². The van der Waals surface area contributed by atoms with Crippen LogP contribution in [0.2, 0.25) is 0 Å². The topological polar surface area (TPSA) is 84.9 Å². The minimum absolute atomic E-state index is 0.115. The maximum atomic E-state index is 12.7. The molecule has 1 atom stereocenters. The van der Waals surface area contributed by atoms with E-state index in [9.17, 15) is 14.4 Å². The van der Waals surface area contributed by atoms with Gasteiger partial charge in [-0.1, -0.05) is 37.3 Å². The van der Waals surface area contributed by atoms with E-state index in [4.69, 9.17) is 9.47 Å². The molecule has 0 spiro atoms. The van der Waals surface area contributed by atoms with E-state index in [0.29, 0.717) is 19.5 Å². The van der Waals surface area contributed by atoms with E-state index in [0.717, 1.165) is 12.0 Å². The highest BCUT2D eigenvalue weighted by Gasteiger charge is 2.53. The molecule has 25 heavy (non-hydrogen) atoms. The van der Waals surface area contributed by atoms with Crippen LogP contribution < -0.4 is 5.32 Å². The third-order valence-electron chi connectivity index (χ3n) is 4.48. The van der Waals surface area contributed by atoms with Crippen molar-refractivity contribution >= 4 is 17.8 Å². The van der Waals surface area contributed by atoms with E-state index in [-0.39, 0.29) is 18.9 Å². The van der Waals surface area contributed by atoms with Crippen LogP contribution in [0.3, 0.4) is 0 Å². The lowest BCUT2D eigenvalue weighted by molar-refractivity contribution is -0.158. The number of Topliss-reactive ketones (excluding diaryl/α,β-unsaturated/α-hetero) is 1. The van der Waals surface area contributed by atoms with Crippen molar-refractivity contribution in [3.8, 4) is 0 Å². The number of alkyl carbamates (subject to hydrolysis) is 1. The van der Waals surface area contributed by atoms with Gasteiger partial charge in [-0.05, 0) is 31.5 Å². The first-order valence-electron chi connectivity index (χ1n) is 8.36. The number of esters is 1. The Bertz CT molecular complexity index is 619. The lowest BCUT2D eigenvalue weighted by atomic mass is 9.90. The second-order valence-corrected chi connectivity index (χ2v) is 5.87. The second-order valence-electron chi connectivity index (χ2n) is 5.87. The van der Waals surface area contributed by atoms with Crippen LogP contribution >= 0.6 is 0 Å². The molecule has 0 saturated carbocycles. The van der Waals surface area contributed by atoms with Gasteiger partial charge in [0.05, 0.1) is 13.7 Å². The number of hydrogen-bond donors (Lipinski definition) is 1. The molecule has 1 heterocycles. The lowest BCUT2D eigenvalue weighted by Gasteiger charge is -2.33. The zero-order chi connectivity index (χ0) is 18.3. The Morgan fingerprint density at radius 3 is 2.60 bits per heavy atom. The fraction of sp³-hybridized carbons (Fsp3) is 0.500. The molecule has 0 aromatic heterocycles. The Balaban J connectivity index is 1.92. The van der Waals surface area contributed by atoms with Crippen LogP contribution in [-0.4, -0.2) is 55.0 Å². The molecule has 1 saturated heterocycles. The Labute approximate surface area is 147 Å².